The molecule has 98 valence electrons. The summed E-state index contributed by atoms with van der Waals surface area (Å²) < 4.78 is 13.0. The molecule has 0 radical (unpaired) electrons. The number of nitrogens with zero attached hydrogens (tertiary/aromatic N) is 1. The summed E-state index contributed by atoms with van der Waals surface area (Å²) in [5.74, 6) is -1.54. The lowest BCUT2D eigenvalue weighted by Gasteiger charge is -2.15. The highest BCUT2D eigenvalue weighted by Crippen LogP contribution is 2.30. The third-order valence-electron chi connectivity index (χ3n) is 3.14. The fourth-order valence-electron chi connectivity index (χ4n) is 2.20. The number of carboxylic acids is 1. The van der Waals surface area contributed by atoms with Gasteiger partial charge < -0.3 is 10.4 Å². The number of aromatic carboxylic acids is 1. The van der Waals surface area contributed by atoms with Crippen LogP contribution in [0.15, 0.2) is 12.3 Å². The number of hydrogen-bond donors (Lipinski definition) is 2. The number of thioether (sulfide) groups is 1. The highest BCUT2D eigenvalue weighted by Gasteiger charge is 2.25. The van der Waals surface area contributed by atoms with Gasteiger partial charge in [-0.25, -0.2) is 14.2 Å². The predicted octanol–water partition coefficient (Wildman–Crippen LogP) is 2.61. The second kappa shape index (κ2) is 5.56. The predicted molar refractivity (Wildman–Crippen MR) is 69.7 cm³/mol. The summed E-state index contributed by atoms with van der Waals surface area (Å²) in [5.41, 5.74) is -0.109. The Morgan fingerprint density at radius 1 is 1.61 bits per heavy atom. The fraction of sp³-hybridized carbons (Fsp3) is 0.500. The number of carboxylic acid groups (broad SMARTS) is 1. The van der Waals surface area contributed by atoms with Gasteiger partial charge in [0.25, 0.3) is 0 Å². The van der Waals surface area contributed by atoms with Crippen LogP contribution in [0.1, 0.15) is 29.6 Å². The molecule has 0 spiro atoms. The molecule has 0 saturated heterocycles. The number of hydrogen-bond acceptors (Lipinski definition) is 4. The van der Waals surface area contributed by atoms with Crippen LogP contribution < -0.4 is 5.32 Å². The van der Waals surface area contributed by atoms with Crippen molar-refractivity contribution in [2.24, 2.45) is 0 Å². The summed E-state index contributed by atoms with van der Waals surface area (Å²) in [6, 6.07) is 1.22. The molecule has 0 aromatic carbocycles. The summed E-state index contributed by atoms with van der Waals surface area (Å²) in [6.07, 6.45) is 6.20. The van der Waals surface area contributed by atoms with Crippen molar-refractivity contribution >= 4 is 23.5 Å². The molecule has 2 rings (SSSR count). The first-order chi connectivity index (χ1) is 8.60. The molecule has 1 saturated carbocycles. The van der Waals surface area contributed by atoms with Crippen LogP contribution >= 0.6 is 11.8 Å². The van der Waals surface area contributed by atoms with E-state index in [1.807, 2.05) is 11.8 Å². The van der Waals surface area contributed by atoms with Gasteiger partial charge in [-0.3, -0.25) is 0 Å². The maximum atomic E-state index is 13.0. The third kappa shape index (κ3) is 2.93. The summed E-state index contributed by atoms with van der Waals surface area (Å²) in [4.78, 5) is 14.9. The molecule has 0 amide bonds. The minimum atomic E-state index is -1.16. The maximum absolute atomic E-state index is 13.0. The zero-order valence-electron chi connectivity index (χ0n) is 10.0. The van der Waals surface area contributed by atoms with Crippen LogP contribution in [0.25, 0.3) is 0 Å². The van der Waals surface area contributed by atoms with E-state index in [1.54, 1.807) is 0 Å². The number of aromatic nitrogens is 1. The van der Waals surface area contributed by atoms with Gasteiger partial charge in [-0.05, 0) is 31.6 Å². The molecule has 6 heteroatoms. The first-order valence-corrected chi connectivity index (χ1v) is 7.07. The van der Waals surface area contributed by atoms with Gasteiger partial charge in [-0.1, -0.05) is 0 Å². The third-order valence-corrected chi connectivity index (χ3v) is 4.24. The van der Waals surface area contributed by atoms with Gasteiger partial charge in [0.05, 0.1) is 6.20 Å². The summed E-state index contributed by atoms with van der Waals surface area (Å²) in [5, 5.41) is 12.7. The molecular weight excluding hydrogens is 255 g/mol. The standard InChI is InChI=1S/C12H15FN2O2S/c1-18-9-3-2-8(5-9)15-11-10(12(16)17)4-7(13)6-14-11/h4,6,8-9H,2-3,5H2,1H3,(H,14,15)(H,16,17). The molecule has 0 bridgehead atoms. The minimum Gasteiger partial charge on any atom is -0.478 e. The second-order valence-corrected chi connectivity index (χ2v) is 5.50. The number of anilines is 1. The molecule has 4 nitrogen and oxygen atoms in total. The van der Waals surface area contributed by atoms with Crippen LogP contribution in [0.3, 0.4) is 0 Å². The molecular formula is C12H15FN2O2S. The van der Waals surface area contributed by atoms with Gasteiger partial charge in [-0.15, -0.1) is 0 Å². The Kier molecular flexibility index (Phi) is 4.06. The summed E-state index contributed by atoms with van der Waals surface area (Å²) >= 11 is 1.82. The average molecular weight is 270 g/mol. The van der Waals surface area contributed by atoms with Crippen molar-refractivity contribution in [2.45, 2.75) is 30.6 Å². The molecule has 2 unspecified atom stereocenters. The van der Waals surface area contributed by atoms with Crippen LogP contribution in [0, 0.1) is 5.82 Å². The number of pyridine rings is 1. The highest BCUT2D eigenvalue weighted by atomic mass is 32.2. The van der Waals surface area contributed by atoms with Crippen LogP contribution in [0.4, 0.5) is 10.2 Å². The first-order valence-electron chi connectivity index (χ1n) is 5.78. The molecule has 1 aromatic heterocycles. The van der Waals surface area contributed by atoms with Crippen molar-refractivity contribution in [3.05, 3.63) is 23.6 Å². The largest absolute Gasteiger partial charge is 0.478 e. The Morgan fingerprint density at radius 3 is 3.00 bits per heavy atom. The molecule has 2 atom stereocenters. The minimum absolute atomic E-state index is 0.109. The average Bonchev–Trinajstić information content (AvgIpc) is 2.79. The van der Waals surface area contributed by atoms with Crippen LogP contribution in [0.5, 0.6) is 0 Å². The molecule has 18 heavy (non-hydrogen) atoms. The van der Waals surface area contributed by atoms with E-state index in [4.69, 9.17) is 5.11 Å². The van der Waals surface area contributed by atoms with Crippen molar-refractivity contribution in [1.29, 1.82) is 0 Å². The van der Waals surface area contributed by atoms with Crippen LogP contribution in [-0.2, 0) is 0 Å². The van der Waals surface area contributed by atoms with E-state index >= 15 is 0 Å². The maximum Gasteiger partial charge on any atom is 0.339 e. The van der Waals surface area contributed by atoms with E-state index in [0.29, 0.717) is 5.25 Å². The molecule has 0 aliphatic heterocycles. The molecule has 1 aliphatic carbocycles. The summed E-state index contributed by atoms with van der Waals surface area (Å²) in [7, 11) is 0. The zero-order valence-corrected chi connectivity index (χ0v) is 10.8. The monoisotopic (exact) mass is 270 g/mol. The Labute approximate surface area is 109 Å². The Bertz CT molecular complexity index is 456. The van der Waals surface area contributed by atoms with E-state index < -0.39 is 11.8 Å². The normalized spacial score (nSPS) is 23.0. The number of nitrogens with one attached hydrogen (secondary N) is 1. The van der Waals surface area contributed by atoms with E-state index in [-0.39, 0.29) is 17.4 Å². The molecule has 1 fully saturated rings. The Balaban J connectivity index is 2.12. The topological polar surface area (TPSA) is 62.2 Å². The fourth-order valence-corrected chi connectivity index (χ4v) is 2.99. The summed E-state index contributed by atoms with van der Waals surface area (Å²) in [6.45, 7) is 0. The number of rotatable bonds is 4. The highest BCUT2D eigenvalue weighted by molar-refractivity contribution is 7.99. The molecule has 1 aliphatic rings. The number of carbonyl (C=O) groups is 1. The number of halogens is 1. The van der Waals surface area contributed by atoms with Crippen molar-refractivity contribution in [2.75, 3.05) is 11.6 Å². The van der Waals surface area contributed by atoms with Gasteiger partial charge in [0, 0.05) is 11.3 Å². The Morgan fingerprint density at radius 2 is 2.39 bits per heavy atom. The second-order valence-electron chi connectivity index (χ2n) is 4.37. The molecule has 2 N–H and O–H groups in total. The van der Waals surface area contributed by atoms with Crippen LogP contribution in [-0.4, -0.2) is 33.6 Å². The van der Waals surface area contributed by atoms with Crippen molar-refractivity contribution in [1.82, 2.24) is 4.98 Å². The lowest BCUT2D eigenvalue weighted by atomic mass is 10.2. The van der Waals surface area contributed by atoms with E-state index in [0.717, 1.165) is 31.5 Å². The lowest BCUT2D eigenvalue weighted by Crippen LogP contribution is -2.19. The molecule has 1 heterocycles. The van der Waals surface area contributed by atoms with Crippen molar-refractivity contribution in [3.8, 4) is 0 Å². The van der Waals surface area contributed by atoms with Crippen LogP contribution in [0.2, 0.25) is 0 Å². The smallest absolute Gasteiger partial charge is 0.339 e. The first kappa shape index (κ1) is 13.1. The van der Waals surface area contributed by atoms with E-state index in [2.05, 4.69) is 16.6 Å². The lowest BCUT2D eigenvalue weighted by molar-refractivity contribution is 0.0697. The molecule has 1 aromatic rings. The quantitative estimate of drug-likeness (QED) is 0.880. The van der Waals surface area contributed by atoms with Gasteiger partial charge in [0.15, 0.2) is 0 Å². The van der Waals surface area contributed by atoms with E-state index in [9.17, 15) is 9.18 Å². The van der Waals surface area contributed by atoms with Gasteiger partial charge in [-0.2, -0.15) is 11.8 Å². The van der Waals surface area contributed by atoms with Crippen molar-refractivity contribution in [3.63, 3.8) is 0 Å². The van der Waals surface area contributed by atoms with Gasteiger partial charge in [0.1, 0.15) is 17.2 Å². The van der Waals surface area contributed by atoms with E-state index in [1.165, 1.54) is 0 Å². The van der Waals surface area contributed by atoms with Crippen molar-refractivity contribution < 1.29 is 14.3 Å². The Hall–Kier alpha value is -1.30. The van der Waals surface area contributed by atoms with Gasteiger partial charge in [0.2, 0.25) is 0 Å². The van der Waals surface area contributed by atoms with Gasteiger partial charge >= 0.3 is 5.97 Å². The SMILES string of the molecule is CSC1CCC(Nc2ncc(F)cc2C(=O)O)C1. The zero-order chi connectivity index (χ0) is 13.1.